The van der Waals surface area contributed by atoms with Crippen molar-refractivity contribution in [2.75, 3.05) is 7.05 Å². The van der Waals surface area contributed by atoms with Crippen LogP contribution >= 0.6 is 38.9 Å². The number of benzene rings is 1. The fourth-order valence-corrected chi connectivity index (χ4v) is 4.32. The first kappa shape index (κ1) is 14.1. The molecule has 0 radical (unpaired) electrons. The van der Waals surface area contributed by atoms with Crippen molar-refractivity contribution in [1.29, 1.82) is 0 Å². The predicted molar refractivity (Wildman–Crippen MR) is 83.8 cm³/mol. The van der Waals surface area contributed by atoms with Crippen LogP contribution < -0.4 is 5.32 Å². The Bertz CT molecular complexity index is 565. The molecule has 0 aliphatic heterocycles. The van der Waals surface area contributed by atoms with Crippen LogP contribution in [0.2, 0.25) is 5.02 Å². The van der Waals surface area contributed by atoms with Crippen molar-refractivity contribution in [3.05, 3.63) is 54.6 Å². The molecule has 18 heavy (non-hydrogen) atoms. The maximum atomic E-state index is 6.02. The number of hydrogen-bond acceptors (Lipinski definition) is 2. The molecule has 0 bridgehead atoms. The molecule has 96 valence electrons. The van der Waals surface area contributed by atoms with Gasteiger partial charge in [0.15, 0.2) is 0 Å². The standard InChI is InChI=1S/C14H15BrClNS/c1-8-6-10(16)4-5-11(8)13(17-3)14-12(15)7-9(2)18-14/h4-7,13,17H,1-3H3. The number of rotatable bonds is 3. The summed E-state index contributed by atoms with van der Waals surface area (Å²) in [5, 5.41) is 4.17. The molecule has 0 spiro atoms. The second kappa shape index (κ2) is 5.74. The average Bonchev–Trinajstić information content (AvgIpc) is 2.62. The summed E-state index contributed by atoms with van der Waals surface area (Å²) in [6.45, 7) is 4.22. The summed E-state index contributed by atoms with van der Waals surface area (Å²) in [6.07, 6.45) is 0. The largest absolute Gasteiger partial charge is 0.309 e. The van der Waals surface area contributed by atoms with Crippen LogP contribution in [0.4, 0.5) is 0 Å². The van der Waals surface area contributed by atoms with Crippen molar-refractivity contribution in [2.45, 2.75) is 19.9 Å². The van der Waals surface area contributed by atoms with E-state index in [9.17, 15) is 0 Å². The number of hydrogen-bond donors (Lipinski definition) is 1. The summed E-state index contributed by atoms with van der Waals surface area (Å²) < 4.78 is 1.17. The summed E-state index contributed by atoms with van der Waals surface area (Å²) in [7, 11) is 1.99. The highest BCUT2D eigenvalue weighted by Gasteiger charge is 2.19. The van der Waals surface area contributed by atoms with Gasteiger partial charge in [-0.1, -0.05) is 17.7 Å². The Hall–Kier alpha value is -0.350. The zero-order valence-electron chi connectivity index (χ0n) is 10.6. The second-order valence-electron chi connectivity index (χ2n) is 4.29. The van der Waals surface area contributed by atoms with Crippen LogP contribution in [-0.2, 0) is 0 Å². The summed E-state index contributed by atoms with van der Waals surface area (Å²) in [5.41, 5.74) is 2.48. The minimum Gasteiger partial charge on any atom is -0.309 e. The van der Waals surface area contributed by atoms with Gasteiger partial charge >= 0.3 is 0 Å². The van der Waals surface area contributed by atoms with E-state index < -0.39 is 0 Å². The predicted octanol–water partition coefficient (Wildman–Crippen LogP) is 5.09. The van der Waals surface area contributed by atoms with Crippen molar-refractivity contribution in [3.63, 3.8) is 0 Å². The maximum absolute atomic E-state index is 6.02. The van der Waals surface area contributed by atoms with Gasteiger partial charge in [-0.3, -0.25) is 0 Å². The van der Waals surface area contributed by atoms with E-state index in [1.54, 1.807) is 0 Å². The third-order valence-corrected chi connectivity index (χ3v) is 5.20. The molecule has 1 N–H and O–H groups in total. The zero-order valence-corrected chi connectivity index (χ0v) is 13.7. The number of halogens is 2. The van der Waals surface area contributed by atoms with E-state index in [1.807, 2.05) is 30.5 Å². The Morgan fingerprint density at radius 3 is 2.50 bits per heavy atom. The first-order valence-corrected chi connectivity index (χ1v) is 7.71. The van der Waals surface area contributed by atoms with E-state index in [-0.39, 0.29) is 6.04 Å². The van der Waals surface area contributed by atoms with Crippen LogP contribution in [0, 0.1) is 13.8 Å². The van der Waals surface area contributed by atoms with E-state index in [2.05, 4.69) is 47.2 Å². The molecule has 2 rings (SSSR count). The molecule has 0 aliphatic rings. The molecule has 1 atom stereocenters. The average molecular weight is 345 g/mol. The van der Waals surface area contributed by atoms with Crippen LogP contribution in [0.5, 0.6) is 0 Å². The lowest BCUT2D eigenvalue weighted by atomic mass is 10.0. The fourth-order valence-electron chi connectivity index (χ4n) is 2.09. The fraction of sp³-hybridized carbons (Fsp3) is 0.286. The first-order chi connectivity index (χ1) is 8.52. The van der Waals surface area contributed by atoms with Crippen molar-refractivity contribution in [1.82, 2.24) is 5.32 Å². The molecule has 4 heteroatoms. The van der Waals surface area contributed by atoms with Crippen LogP contribution in [0.15, 0.2) is 28.7 Å². The minimum atomic E-state index is 0.204. The highest BCUT2D eigenvalue weighted by Crippen LogP contribution is 2.36. The Morgan fingerprint density at radius 1 is 1.28 bits per heavy atom. The van der Waals surface area contributed by atoms with Gasteiger partial charge in [-0.2, -0.15) is 0 Å². The quantitative estimate of drug-likeness (QED) is 0.818. The van der Waals surface area contributed by atoms with Gasteiger partial charge in [0.25, 0.3) is 0 Å². The Labute approximate surface area is 125 Å². The van der Waals surface area contributed by atoms with E-state index in [0.29, 0.717) is 0 Å². The summed E-state index contributed by atoms with van der Waals surface area (Å²) in [5.74, 6) is 0. The third kappa shape index (κ3) is 2.80. The molecule has 1 aromatic carbocycles. The van der Waals surface area contributed by atoms with Gasteiger partial charge in [0.05, 0.1) is 6.04 Å². The maximum Gasteiger partial charge on any atom is 0.0682 e. The highest BCUT2D eigenvalue weighted by atomic mass is 79.9. The molecule has 2 aromatic rings. The highest BCUT2D eigenvalue weighted by molar-refractivity contribution is 9.10. The summed E-state index contributed by atoms with van der Waals surface area (Å²) in [4.78, 5) is 2.61. The number of nitrogens with one attached hydrogen (secondary N) is 1. The minimum absolute atomic E-state index is 0.204. The van der Waals surface area contributed by atoms with Gasteiger partial charge in [0.2, 0.25) is 0 Å². The van der Waals surface area contributed by atoms with Gasteiger partial charge in [-0.25, -0.2) is 0 Å². The Kier molecular flexibility index (Phi) is 4.49. The van der Waals surface area contributed by atoms with Crippen LogP contribution in [0.1, 0.15) is 26.9 Å². The van der Waals surface area contributed by atoms with E-state index >= 15 is 0 Å². The number of thiophene rings is 1. The van der Waals surface area contributed by atoms with Gasteiger partial charge in [0, 0.05) is 19.2 Å². The molecular weight excluding hydrogens is 330 g/mol. The molecule has 1 heterocycles. The molecule has 0 fully saturated rings. The van der Waals surface area contributed by atoms with Crippen LogP contribution in [-0.4, -0.2) is 7.05 Å². The molecule has 0 saturated carbocycles. The molecule has 1 unspecified atom stereocenters. The SMILES string of the molecule is CNC(c1ccc(Cl)cc1C)c1sc(C)cc1Br. The molecule has 0 saturated heterocycles. The molecule has 1 aromatic heterocycles. The Morgan fingerprint density at radius 2 is 2.00 bits per heavy atom. The van der Waals surface area contributed by atoms with Crippen molar-refractivity contribution >= 4 is 38.9 Å². The topological polar surface area (TPSA) is 12.0 Å². The Balaban J connectivity index is 2.48. The summed E-state index contributed by atoms with van der Waals surface area (Å²) in [6, 6.07) is 8.42. The normalized spacial score (nSPS) is 12.7. The van der Waals surface area contributed by atoms with Crippen LogP contribution in [0.25, 0.3) is 0 Å². The molecule has 0 amide bonds. The van der Waals surface area contributed by atoms with Crippen LogP contribution in [0.3, 0.4) is 0 Å². The molecule has 0 aliphatic carbocycles. The van der Waals surface area contributed by atoms with E-state index in [1.165, 1.54) is 25.4 Å². The van der Waals surface area contributed by atoms with Crippen molar-refractivity contribution in [3.8, 4) is 0 Å². The van der Waals surface area contributed by atoms with Gasteiger partial charge in [0.1, 0.15) is 0 Å². The lowest BCUT2D eigenvalue weighted by molar-refractivity contribution is 0.697. The monoisotopic (exact) mass is 343 g/mol. The second-order valence-corrected chi connectivity index (χ2v) is 6.87. The summed E-state index contributed by atoms with van der Waals surface area (Å²) >= 11 is 11.5. The smallest absolute Gasteiger partial charge is 0.0682 e. The molecular formula is C14H15BrClNS. The zero-order chi connectivity index (χ0) is 13.3. The van der Waals surface area contributed by atoms with Gasteiger partial charge in [-0.05, 0) is 66.2 Å². The molecule has 1 nitrogen and oxygen atoms in total. The van der Waals surface area contributed by atoms with Gasteiger partial charge in [-0.15, -0.1) is 11.3 Å². The first-order valence-electron chi connectivity index (χ1n) is 5.72. The van der Waals surface area contributed by atoms with Crippen molar-refractivity contribution < 1.29 is 0 Å². The van der Waals surface area contributed by atoms with E-state index in [0.717, 1.165) is 5.02 Å². The lowest BCUT2D eigenvalue weighted by Crippen LogP contribution is -2.17. The van der Waals surface area contributed by atoms with Gasteiger partial charge < -0.3 is 5.32 Å². The van der Waals surface area contributed by atoms with E-state index in [4.69, 9.17) is 11.6 Å². The van der Waals surface area contributed by atoms with Crippen molar-refractivity contribution in [2.24, 2.45) is 0 Å². The number of aryl methyl sites for hydroxylation is 2. The lowest BCUT2D eigenvalue weighted by Gasteiger charge is -2.18. The third-order valence-electron chi connectivity index (χ3n) is 2.93.